The fourth-order valence-corrected chi connectivity index (χ4v) is 3.18. The Hall–Kier alpha value is -1.55. The van der Waals surface area contributed by atoms with Crippen LogP contribution in [0.25, 0.3) is 0 Å². The Morgan fingerprint density at radius 3 is 2.29 bits per heavy atom. The van der Waals surface area contributed by atoms with Gasteiger partial charge in [-0.15, -0.1) is 0 Å². The zero-order valence-corrected chi connectivity index (χ0v) is 13.5. The first-order valence-electron chi connectivity index (χ1n) is 7.70. The van der Waals surface area contributed by atoms with Gasteiger partial charge in [0.25, 0.3) is 0 Å². The van der Waals surface area contributed by atoms with Gasteiger partial charge in [0.05, 0.1) is 0 Å². The molecule has 1 atom stereocenters. The van der Waals surface area contributed by atoms with Crippen molar-refractivity contribution < 1.29 is 9.90 Å². The molecule has 0 saturated carbocycles. The molecule has 1 heterocycles. The highest BCUT2D eigenvalue weighted by Gasteiger charge is 2.31. The van der Waals surface area contributed by atoms with Gasteiger partial charge in [-0.2, -0.15) is 0 Å². The predicted molar refractivity (Wildman–Crippen MR) is 86.0 cm³/mol. The summed E-state index contributed by atoms with van der Waals surface area (Å²) >= 11 is 0. The molecule has 1 unspecified atom stereocenters. The lowest BCUT2D eigenvalue weighted by molar-refractivity contribution is -0.145. The van der Waals surface area contributed by atoms with E-state index in [4.69, 9.17) is 0 Å². The number of hydrogen-bond acceptors (Lipinski definition) is 3. The van der Waals surface area contributed by atoms with Crippen molar-refractivity contribution in [1.29, 1.82) is 0 Å². The van der Waals surface area contributed by atoms with E-state index in [1.165, 1.54) is 16.8 Å². The van der Waals surface area contributed by atoms with Gasteiger partial charge < -0.3 is 10.0 Å². The van der Waals surface area contributed by atoms with Crippen molar-refractivity contribution in [2.45, 2.75) is 33.7 Å². The number of rotatable bonds is 4. The van der Waals surface area contributed by atoms with Gasteiger partial charge in [-0.05, 0) is 37.0 Å². The topological polar surface area (TPSA) is 43.8 Å². The second kappa shape index (κ2) is 6.48. The van der Waals surface area contributed by atoms with Gasteiger partial charge in [-0.1, -0.05) is 26.0 Å². The first-order chi connectivity index (χ1) is 9.91. The molecule has 0 aliphatic carbocycles. The molecule has 2 rings (SSSR count). The van der Waals surface area contributed by atoms with E-state index < -0.39 is 5.97 Å². The van der Waals surface area contributed by atoms with E-state index in [0.29, 0.717) is 0 Å². The molecule has 4 heteroatoms. The van der Waals surface area contributed by atoms with E-state index >= 15 is 0 Å². The number of carboxylic acid groups (broad SMARTS) is 1. The molecule has 1 aromatic carbocycles. The summed E-state index contributed by atoms with van der Waals surface area (Å²) in [7, 11) is 0. The summed E-state index contributed by atoms with van der Waals surface area (Å²) < 4.78 is 0. The lowest BCUT2D eigenvalue weighted by atomic mass is 10.0. The highest BCUT2D eigenvalue weighted by molar-refractivity contribution is 5.73. The lowest BCUT2D eigenvalue weighted by Crippen LogP contribution is -2.54. The monoisotopic (exact) mass is 290 g/mol. The minimum absolute atomic E-state index is 0.134. The van der Waals surface area contributed by atoms with E-state index in [1.54, 1.807) is 0 Å². The van der Waals surface area contributed by atoms with Crippen molar-refractivity contribution in [3.8, 4) is 0 Å². The summed E-state index contributed by atoms with van der Waals surface area (Å²) in [5.74, 6) is -0.569. The maximum Gasteiger partial charge on any atom is 0.321 e. The van der Waals surface area contributed by atoms with Gasteiger partial charge >= 0.3 is 5.97 Å². The number of aryl methyl sites for hydroxylation is 1. The summed E-state index contributed by atoms with van der Waals surface area (Å²) in [6.07, 6.45) is 0. The second-order valence-electron chi connectivity index (χ2n) is 6.27. The summed E-state index contributed by atoms with van der Waals surface area (Å²) in [4.78, 5) is 15.9. The largest absolute Gasteiger partial charge is 0.480 e. The molecule has 4 nitrogen and oxygen atoms in total. The van der Waals surface area contributed by atoms with Gasteiger partial charge in [0.15, 0.2) is 0 Å². The van der Waals surface area contributed by atoms with E-state index in [2.05, 4.69) is 41.8 Å². The molecule has 1 aliphatic rings. The summed E-state index contributed by atoms with van der Waals surface area (Å²) in [6, 6.07) is 6.02. The Balaban J connectivity index is 2.06. The van der Waals surface area contributed by atoms with Crippen molar-refractivity contribution in [2.75, 3.05) is 31.1 Å². The van der Waals surface area contributed by atoms with Gasteiger partial charge in [-0.3, -0.25) is 9.69 Å². The number of hydrogen-bond donors (Lipinski definition) is 1. The molecule has 1 N–H and O–H groups in total. The van der Waals surface area contributed by atoms with Crippen molar-refractivity contribution in [3.63, 3.8) is 0 Å². The van der Waals surface area contributed by atoms with Crippen molar-refractivity contribution in [2.24, 2.45) is 5.92 Å². The summed E-state index contributed by atoms with van der Waals surface area (Å²) in [5, 5.41) is 9.40. The van der Waals surface area contributed by atoms with Crippen LogP contribution < -0.4 is 4.90 Å². The molecule has 0 spiro atoms. The zero-order valence-electron chi connectivity index (χ0n) is 13.5. The number of carboxylic acids is 1. The van der Waals surface area contributed by atoms with Gasteiger partial charge in [0.1, 0.15) is 6.04 Å². The van der Waals surface area contributed by atoms with Crippen molar-refractivity contribution in [1.82, 2.24) is 4.90 Å². The van der Waals surface area contributed by atoms with Crippen LogP contribution in [0.4, 0.5) is 5.69 Å². The maximum atomic E-state index is 11.4. The van der Waals surface area contributed by atoms with Crippen LogP contribution in [-0.2, 0) is 4.79 Å². The third-order valence-electron chi connectivity index (χ3n) is 4.51. The standard InChI is InChI=1S/C17H26N2O2/c1-12(2)16(17(20)21)19-10-8-18(9-11-19)15-7-5-6-13(3)14(15)4/h5-7,12,16H,8-11H2,1-4H3,(H,20,21). The van der Waals surface area contributed by atoms with Gasteiger partial charge in [-0.25, -0.2) is 0 Å². The van der Waals surface area contributed by atoms with Gasteiger partial charge in [0, 0.05) is 31.9 Å². The number of aliphatic carboxylic acids is 1. The number of nitrogens with zero attached hydrogens (tertiary/aromatic N) is 2. The van der Waals surface area contributed by atoms with E-state index in [-0.39, 0.29) is 12.0 Å². The Kier molecular flexibility index (Phi) is 4.88. The molecular weight excluding hydrogens is 264 g/mol. The number of piperazine rings is 1. The van der Waals surface area contributed by atoms with E-state index in [0.717, 1.165) is 26.2 Å². The normalized spacial score (nSPS) is 18.0. The van der Waals surface area contributed by atoms with Crippen molar-refractivity contribution >= 4 is 11.7 Å². The van der Waals surface area contributed by atoms with Crippen LogP contribution in [0.15, 0.2) is 18.2 Å². The minimum Gasteiger partial charge on any atom is -0.480 e. The van der Waals surface area contributed by atoms with Crippen LogP contribution in [-0.4, -0.2) is 48.2 Å². The maximum absolute atomic E-state index is 11.4. The number of benzene rings is 1. The fourth-order valence-electron chi connectivity index (χ4n) is 3.18. The zero-order chi connectivity index (χ0) is 15.6. The van der Waals surface area contributed by atoms with Crippen LogP contribution in [0.2, 0.25) is 0 Å². The van der Waals surface area contributed by atoms with Crippen LogP contribution in [0.1, 0.15) is 25.0 Å². The Morgan fingerprint density at radius 1 is 1.14 bits per heavy atom. The highest BCUT2D eigenvalue weighted by Crippen LogP contribution is 2.25. The van der Waals surface area contributed by atoms with Crippen LogP contribution in [0.3, 0.4) is 0 Å². The third-order valence-corrected chi connectivity index (χ3v) is 4.51. The number of carbonyl (C=O) groups is 1. The molecule has 0 radical (unpaired) electrons. The quantitative estimate of drug-likeness (QED) is 0.925. The van der Waals surface area contributed by atoms with Crippen LogP contribution >= 0.6 is 0 Å². The average Bonchev–Trinajstić information content (AvgIpc) is 2.42. The average molecular weight is 290 g/mol. The molecule has 1 fully saturated rings. The summed E-state index contributed by atoms with van der Waals surface area (Å²) in [6.45, 7) is 11.7. The van der Waals surface area contributed by atoms with E-state index in [9.17, 15) is 9.90 Å². The van der Waals surface area contributed by atoms with Crippen LogP contribution in [0.5, 0.6) is 0 Å². The third kappa shape index (κ3) is 3.38. The molecular formula is C17H26N2O2. The molecule has 1 saturated heterocycles. The Morgan fingerprint density at radius 2 is 1.76 bits per heavy atom. The molecule has 1 aromatic rings. The molecule has 1 aliphatic heterocycles. The minimum atomic E-state index is -0.704. The smallest absolute Gasteiger partial charge is 0.321 e. The van der Waals surface area contributed by atoms with Crippen molar-refractivity contribution in [3.05, 3.63) is 29.3 Å². The molecule has 0 aromatic heterocycles. The number of anilines is 1. The predicted octanol–water partition coefficient (Wildman–Crippen LogP) is 2.53. The molecule has 0 bridgehead atoms. The van der Waals surface area contributed by atoms with Crippen LogP contribution in [0, 0.1) is 19.8 Å². The SMILES string of the molecule is Cc1cccc(N2CCN(C(C(=O)O)C(C)C)CC2)c1C. The van der Waals surface area contributed by atoms with Gasteiger partial charge in [0.2, 0.25) is 0 Å². The lowest BCUT2D eigenvalue weighted by Gasteiger charge is -2.40. The Bertz CT molecular complexity index is 506. The summed E-state index contributed by atoms with van der Waals surface area (Å²) in [5.41, 5.74) is 3.91. The Labute approximate surface area is 127 Å². The second-order valence-corrected chi connectivity index (χ2v) is 6.27. The molecule has 116 valence electrons. The first kappa shape index (κ1) is 15.8. The molecule has 0 amide bonds. The highest BCUT2D eigenvalue weighted by atomic mass is 16.4. The first-order valence-corrected chi connectivity index (χ1v) is 7.70. The fraction of sp³-hybridized carbons (Fsp3) is 0.588. The molecule has 21 heavy (non-hydrogen) atoms. The van der Waals surface area contributed by atoms with E-state index in [1.807, 2.05) is 13.8 Å².